The molecule has 0 fully saturated rings. The van der Waals surface area contributed by atoms with Gasteiger partial charge >= 0.3 is 0 Å². The lowest BCUT2D eigenvalue weighted by molar-refractivity contribution is 0.0503. The minimum atomic E-state index is -0.568. The Bertz CT molecular complexity index is 1730. The maximum absolute atomic E-state index is 15.0. The minimum Gasteiger partial charge on any atom is -0.492 e. The average molecular weight is 581 g/mol. The van der Waals surface area contributed by atoms with E-state index in [0.29, 0.717) is 35.9 Å². The lowest BCUT2D eigenvalue weighted by Crippen LogP contribution is -2.19. The van der Waals surface area contributed by atoms with Gasteiger partial charge in [0.05, 0.1) is 17.0 Å². The molecule has 1 amide bonds. The van der Waals surface area contributed by atoms with Crippen molar-refractivity contribution in [2.45, 2.75) is 12.5 Å². The van der Waals surface area contributed by atoms with Gasteiger partial charge in [0, 0.05) is 31.3 Å². The monoisotopic (exact) mass is 580 g/mol. The third-order valence-corrected chi connectivity index (χ3v) is 7.54. The van der Waals surface area contributed by atoms with E-state index in [1.807, 2.05) is 74.8 Å². The van der Waals surface area contributed by atoms with Crippen molar-refractivity contribution < 1.29 is 23.4 Å². The summed E-state index contributed by atoms with van der Waals surface area (Å²) >= 11 is 0. The molecule has 0 spiro atoms. The predicted octanol–water partition coefficient (Wildman–Crippen LogP) is 5.72. The van der Waals surface area contributed by atoms with Gasteiger partial charge in [-0.3, -0.25) is 4.79 Å². The number of hydrogen-bond acceptors (Lipinski definition) is 6. The van der Waals surface area contributed by atoms with Gasteiger partial charge in [0.15, 0.2) is 6.79 Å². The number of aromatic nitrogens is 2. The number of aromatic amines is 1. The Labute approximate surface area is 249 Å². The van der Waals surface area contributed by atoms with E-state index >= 15 is 0 Å². The first-order valence-corrected chi connectivity index (χ1v) is 14.1. The Morgan fingerprint density at radius 2 is 1.77 bits per heavy atom. The van der Waals surface area contributed by atoms with Gasteiger partial charge in [-0.15, -0.1) is 0 Å². The van der Waals surface area contributed by atoms with Crippen LogP contribution in [0.4, 0.5) is 4.39 Å². The third kappa shape index (κ3) is 5.95. The number of rotatable bonds is 11. The molecule has 1 unspecified atom stereocenters. The van der Waals surface area contributed by atoms with Crippen molar-refractivity contribution in [1.29, 1.82) is 0 Å². The number of ether oxygens (including phenoxy) is 3. The lowest BCUT2D eigenvalue weighted by Gasteiger charge is -2.23. The lowest BCUT2D eigenvalue weighted by atomic mass is 9.82. The van der Waals surface area contributed by atoms with E-state index in [-0.39, 0.29) is 12.7 Å². The number of likely N-dealkylation sites (N-methyl/N-ethyl adjacent to an activating group) is 1. The zero-order valence-electron chi connectivity index (χ0n) is 24.3. The first kappa shape index (κ1) is 28.4. The van der Waals surface area contributed by atoms with Crippen molar-refractivity contribution in [3.63, 3.8) is 0 Å². The number of benzene rings is 4. The molecule has 220 valence electrons. The van der Waals surface area contributed by atoms with E-state index < -0.39 is 11.7 Å². The largest absolute Gasteiger partial charge is 0.492 e. The first-order chi connectivity index (χ1) is 20.9. The fourth-order valence-corrected chi connectivity index (χ4v) is 5.43. The van der Waals surface area contributed by atoms with Gasteiger partial charge in [0.1, 0.15) is 29.7 Å². The molecule has 1 aliphatic heterocycles. The van der Waals surface area contributed by atoms with Crippen LogP contribution < -0.4 is 14.8 Å². The molecule has 43 heavy (non-hydrogen) atoms. The summed E-state index contributed by atoms with van der Waals surface area (Å²) in [6.45, 7) is 1.76. The summed E-state index contributed by atoms with van der Waals surface area (Å²) in [7, 11) is 5.54. The quantitative estimate of drug-likeness (QED) is 0.195. The van der Waals surface area contributed by atoms with Crippen molar-refractivity contribution >= 4 is 16.9 Å². The van der Waals surface area contributed by atoms with Crippen LogP contribution >= 0.6 is 0 Å². The van der Waals surface area contributed by atoms with Crippen LogP contribution in [0.25, 0.3) is 22.2 Å². The standard InChI is InChI=1S/C34H33FN4O4/c1-39(2)14-15-42-24-11-8-21(9-12-24)25-18-26-22(19-36-34(26)40)16-27(25)32(33-37-29-6-4-5-7-30(29)38-33)28-17-23(35)10-13-31(28)43-20-41-3/h4-13,16-18,32H,14-15,19-20H2,1-3H3,(H,36,40)(H,37,38). The summed E-state index contributed by atoms with van der Waals surface area (Å²) in [5, 5.41) is 2.93. The number of para-hydroxylation sites is 2. The molecular weight excluding hydrogens is 547 g/mol. The summed E-state index contributed by atoms with van der Waals surface area (Å²) < 4.78 is 32.0. The van der Waals surface area contributed by atoms with Crippen molar-refractivity contribution in [2.75, 3.05) is 41.1 Å². The Morgan fingerprint density at radius 1 is 0.953 bits per heavy atom. The highest BCUT2D eigenvalue weighted by atomic mass is 19.1. The topological polar surface area (TPSA) is 88.7 Å². The van der Waals surface area contributed by atoms with E-state index in [9.17, 15) is 9.18 Å². The van der Waals surface area contributed by atoms with Gasteiger partial charge in [-0.2, -0.15) is 0 Å². The number of imidazole rings is 1. The Hall–Kier alpha value is -4.73. The summed E-state index contributed by atoms with van der Waals surface area (Å²) in [5.41, 5.74) is 6.26. The van der Waals surface area contributed by atoms with E-state index in [0.717, 1.165) is 45.6 Å². The van der Waals surface area contributed by atoms with Crippen LogP contribution in [0.15, 0.2) is 78.9 Å². The van der Waals surface area contributed by atoms with E-state index in [2.05, 4.69) is 15.2 Å². The predicted molar refractivity (Wildman–Crippen MR) is 163 cm³/mol. The molecular formula is C34H33FN4O4. The van der Waals surface area contributed by atoms with Crippen LogP contribution in [-0.4, -0.2) is 61.9 Å². The molecule has 5 aromatic rings. The van der Waals surface area contributed by atoms with Crippen LogP contribution in [0.3, 0.4) is 0 Å². The fraction of sp³-hybridized carbons (Fsp3) is 0.235. The van der Waals surface area contributed by atoms with Crippen LogP contribution in [-0.2, 0) is 11.3 Å². The molecule has 6 rings (SSSR count). The van der Waals surface area contributed by atoms with Crippen molar-refractivity contribution in [3.05, 3.63) is 113 Å². The van der Waals surface area contributed by atoms with Crippen LogP contribution in [0.5, 0.6) is 11.5 Å². The summed E-state index contributed by atoms with van der Waals surface area (Å²) in [4.78, 5) is 23.3. The Balaban J connectivity index is 1.54. The molecule has 1 aromatic heterocycles. The number of halogens is 1. The number of fused-ring (bicyclic) bond motifs is 2. The smallest absolute Gasteiger partial charge is 0.251 e. The Kier molecular flexibility index (Phi) is 8.09. The van der Waals surface area contributed by atoms with Crippen molar-refractivity contribution in [1.82, 2.24) is 20.2 Å². The van der Waals surface area contributed by atoms with E-state index in [4.69, 9.17) is 19.2 Å². The number of H-pyrrole nitrogens is 1. The fourth-order valence-electron chi connectivity index (χ4n) is 5.43. The van der Waals surface area contributed by atoms with Crippen molar-refractivity contribution in [2.24, 2.45) is 0 Å². The Morgan fingerprint density at radius 3 is 2.53 bits per heavy atom. The molecule has 0 saturated heterocycles. The van der Waals surface area contributed by atoms with E-state index in [1.165, 1.54) is 19.2 Å². The summed E-state index contributed by atoms with van der Waals surface area (Å²) in [6.07, 6.45) is 0. The number of carbonyl (C=O) groups excluding carboxylic acids is 1. The van der Waals surface area contributed by atoms with Crippen molar-refractivity contribution in [3.8, 4) is 22.6 Å². The van der Waals surface area contributed by atoms with Gasteiger partial charge in [-0.25, -0.2) is 9.37 Å². The normalized spacial score (nSPS) is 13.3. The van der Waals surface area contributed by atoms with Gasteiger partial charge in [-0.05, 0) is 84.9 Å². The van der Waals surface area contributed by atoms with Crippen LogP contribution in [0.2, 0.25) is 0 Å². The zero-order chi connectivity index (χ0) is 29.9. The zero-order valence-corrected chi connectivity index (χ0v) is 24.3. The van der Waals surface area contributed by atoms with Crippen LogP contribution in [0, 0.1) is 5.82 Å². The highest BCUT2D eigenvalue weighted by Crippen LogP contribution is 2.43. The molecule has 9 heteroatoms. The minimum absolute atomic E-state index is 0.00374. The SMILES string of the molecule is COCOc1ccc(F)cc1C(c1nc2ccccc2[nH]1)c1cc2c(cc1-c1ccc(OCCN(C)C)cc1)C(=O)NC2. The number of hydrogen-bond donors (Lipinski definition) is 2. The number of nitrogens with one attached hydrogen (secondary N) is 2. The molecule has 0 bridgehead atoms. The molecule has 0 saturated carbocycles. The van der Waals surface area contributed by atoms with Gasteiger partial charge in [0.2, 0.25) is 0 Å². The maximum Gasteiger partial charge on any atom is 0.251 e. The summed E-state index contributed by atoms with van der Waals surface area (Å²) in [5.74, 6) is 0.749. The molecule has 1 atom stereocenters. The van der Waals surface area contributed by atoms with Gasteiger partial charge in [0.25, 0.3) is 5.91 Å². The molecule has 0 radical (unpaired) electrons. The number of methoxy groups -OCH3 is 1. The molecule has 1 aliphatic rings. The number of carbonyl (C=O) groups is 1. The molecule has 2 N–H and O–H groups in total. The highest BCUT2D eigenvalue weighted by molar-refractivity contribution is 6.00. The summed E-state index contributed by atoms with van der Waals surface area (Å²) in [6, 6.07) is 24.0. The third-order valence-electron chi connectivity index (χ3n) is 7.54. The second-order valence-corrected chi connectivity index (χ2v) is 10.8. The molecule has 2 heterocycles. The molecule has 4 aromatic carbocycles. The second kappa shape index (κ2) is 12.2. The van der Waals surface area contributed by atoms with Gasteiger partial charge in [-0.1, -0.05) is 30.3 Å². The number of nitrogens with zero attached hydrogens (tertiary/aromatic N) is 2. The number of amides is 1. The van der Waals surface area contributed by atoms with Crippen LogP contribution in [0.1, 0.15) is 38.8 Å². The maximum atomic E-state index is 15.0. The molecule has 0 aliphatic carbocycles. The first-order valence-electron chi connectivity index (χ1n) is 14.1. The average Bonchev–Trinajstić information content (AvgIpc) is 3.59. The van der Waals surface area contributed by atoms with E-state index in [1.54, 1.807) is 6.07 Å². The molecule has 8 nitrogen and oxygen atoms in total. The second-order valence-electron chi connectivity index (χ2n) is 10.8. The highest BCUT2D eigenvalue weighted by Gasteiger charge is 2.30. The van der Waals surface area contributed by atoms with Gasteiger partial charge < -0.3 is 29.4 Å².